The number of nitrogens with one attached hydrogen (secondary N) is 2. The number of alkyl halides is 3. The van der Waals surface area contributed by atoms with Crippen molar-refractivity contribution >= 4 is 35.2 Å². The number of rotatable bonds is 10. The van der Waals surface area contributed by atoms with E-state index in [1.54, 1.807) is 23.1 Å². The van der Waals surface area contributed by atoms with E-state index in [4.69, 9.17) is 0 Å². The summed E-state index contributed by atoms with van der Waals surface area (Å²) in [7, 11) is 0. The van der Waals surface area contributed by atoms with Gasteiger partial charge in [-0.1, -0.05) is 24.3 Å². The molecule has 0 spiro atoms. The number of amides is 3. The molecule has 0 bridgehead atoms. The van der Waals surface area contributed by atoms with Gasteiger partial charge in [0, 0.05) is 23.8 Å². The van der Waals surface area contributed by atoms with E-state index in [2.05, 4.69) is 5.32 Å². The molecule has 1 saturated carbocycles. The zero-order chi connectivity index (χ0) is 24.7. The Morgan fingerprint density at radius 3 is 2.38 bits per heavy atom. The maximum absolute atomic E-state index is 12.8. The highest BCUT2D eigenvalue weighted by molar-refractivity contribution is 8.00. The summed E-state index contributed by atoms with van der Waals surface area (Å²) in [6.07, 6.45) is -2.66. The summed E-state index contributed by atoms with van der Waals surface area (Å²) in [5, 5.41) is 4.64. The summed E-state index contributed by atoms with van der Waals surface area (Å²) in [6, 6.07) is 13.8. The molecule has 0 aromatic heterocycles. The Hall–Kier alpha value is -3.01. The lowest BCUT2D eigenvalue weighted by atomic mass is 10.1. The minimum atomic E-state index is -4.47. The second kappa shape index (κ2) is 11.4. The third-order valence-corrected chi connectivity index (χ3v) is 6.00. The maximum Gasteiger partial charge on any atom is 0.405 e. The zero-order valence-electron chi connectivity index (χ0n) is 18.7. The second-order valence-electron chi connectivity index (χ2n) is 8.16. The van der Waals surface area contributed by atoms with Crippen LogP contribution in [0, 0.1) is 6.92 Å². The molecular weight excluding hydrogens is 467 g/mol. The highest BCUT2D eigenvalue weighted by atomic mass is 32.2. The Morgan fingerprint density at radius 2 is 1.76 bits per heavy atom. The van der Waals surface area contributed by atoms with E-state index in [0.717, 1.165) is 24.0 Å². The largest absolute Gasteiger partial charge is 0.405 e. The number of benzene rings is 2. The quantitative estimate of drug-likeness (QED) is 0.521. The number of carbonyl (C=O) groups is 3. The topological polar surface area (TPSA) is 78.5 Å². The van der Waals surface area contributed by atoms with Crippen LogP contribution in [0.1, 0.15) is 34.3 Å². The molecule has 0 saturated heterocycles. The van der Waals surface area contributed by atoms with Crippen molar-refractivity contribution in [2.75, 3.05) is 23.4 Å². The van der Waals surface area contributed by atoms with Crippen LogP contribution in [0.5, 0.6) is 0 Å². The smallest absolute Gasteiger partial charge is 0.343 e. The number of thioether (sulfide) groups is 1. The minimum absolute atomic E-state index is 0.0807. The molecule has 0 unspecified atom stereocenters. The molecule has 10 heteroatoms. The minimum Gasteiger partial charge on any atom is -0.343 e. The molecule has 34 heavy (non-hydrogen) atoms. The lowest BCUT2D eigenvalue weighted by Crippen LogP contribution is -2.34. The van der Waals surface area contributed by atoms with E-state index in [1.165, 1.54) is 23.9 Å². The normalized spacial score (nSPS) is 13.3. The van der Waals surface area contributed by atoms with Crippen molar-refractivity contribution in [3.05, 3.63) is 65.2 Å². The fraction of sp³-hybridized carbons (Fsp3) is 0.375. The number of hydrogen-bond acceptors (Lipinski definition) is 4. The van der Waals surface area contributed by atoms with Crippen molar-refractivity contribution < 1.29 is 27.6 Å². The third kappa shape index (κ3) is 8.40. The number of nitrogens with zero attached hydrogens (tertiary/aromatic N) is 1. The van der Waals surface area contributed by atoms with Crippen molar-refractivity contribution in [3.8, 4) is 0 Å². The monoisotopic (exact) mass is 493 g/mol. The predicted octanol–water partition coefficient (Wildman–Crippen LogP) is 4.15. The molecule has 0 atom stereocenters. The van der Waals surface area contributed by atoms with E-state index in [9.17, 15) is 27.6 Å². The molecule has 0 aliphatic heterocycles. The average molecular weight is 494 g/mol. The van der Waals surface area contributed by atoms with Crippen LogP contribution in [0.4, 0.5) is 18.9 Å². The van der Waals surface area contributed by atoms with Gasteiger partial charge in [-0.25, -0.2) is 0 Å². The SMILES string of the molecule is Cc1cccc(NC(=O)CSCC(=O)N(Cc2ccc(C(=O)NCC(F)(F)F)cc2)C2CC2)c1. The first-order valence-corrected chi connectivity index (χ1v) is 11.9. The van der Waals surface area contributed by atoms with Crippen molar-refractivity contribution in [1.29, 1.82) is 0 Å². The van der Waals surface area contributed by atoms with Crippen LogP contribution in [-0.4, -0.2) is 52.9 Å². The number of halogens is 3. The molecule has 6 nitrogen and oxygen atoms in total. The molecule has 2 aromatic rings. The van der Waals surface area contributed by atoms with Crippen LogP contribution < -0.4 is 10.6 Å². The van der Waals surface area contributed by atoms with Gasteiger partial charge in [-0.05, 0) is 55.2 Å². The maximum atomic E-state index is 12.8. The van der Waals surface area contributed by atoms with E-state index in [-0.39, 0.29) is 34.9 Å². The zero-order valence-corrected chi connectivity index (χ0v) is 19.5. The van der Waals surface area contributed by atoms with Crippen molar-refractivity contribution in [2.24, 2.45) is 0 Å². The van der Waals surface area contributed by atoms with Gasteiger partial charge >= 0.3 is 6.18 Å². The molecule has 0 radical (unpaired) electrons. The third-order valence-electron chi connectivity index (χ3n) is 5.09. The number of carbonyl (C=O) groups excluding carboxylic acids is 3. The van der Waals surface area contributed by atoms with Crippen LogP contribution in [0.25, 0.3) is 0 Å². The van der Waals surface area contributed by atoms with Crippen LogP contribution >= 0.6 is 11.8 Å². The van der Waals surface area contributed by atoms with Gasteiger partial charge in [-0.15, -0.1) is 11.8 Å². The highest BCUT2D eigenvalue weighted by Crippen LogP contribution is 2.29. The first-order valence-electron chi connectivity index (χ1n) is 10.8. The fourth-order valence-corrected chi connectivity index (χ4v) is 3.98. The lowest BCUT2D eigenvalue weighted by Gasteiger charge is -2.22. The first kappa shape index (κ1) is 25.6. The van der Waals surface area contributed by atoms with Crippen LogP contribution in [0.2, 0.25) is 0 Å². The van der Waals surface area contributed by atoms with E-state index < -0.39 is 18.6 Å². The summed E-state index contributed by atoms with van der Waals surface area (Å²) in [6.45, 7) is 0.883. The Morgan fingerprint density at radius 1 is 1.06 bits per heavy atom. The van der Waals surface area contributed by atoms with Crippen LogP contribution in [-0.2, 0) is 16.1 Å². The Bertz CT molecular complexity index is 1020. The van der Waals surface area contributed by atoms with E-state index >= 15 is 0 Å². The summed E-state index contributed by atoms with van der Waals surface area (Å²) in [5.41, 5.74) is 2.64. The molecule has 1 fully saturated rings. The van der Waals surface area contributed by atoms with Gasteiger partial charge in [0.05, 0.1) is 11.5 Å². The number of hydrogen-bond donors (Lipinski definition) is 2. The standard InChI is InChI=1S/C24H26F3N3O3S/c1-16-3-2-4-19(11-16)29-21(31)13-34-14-22(32)30(20-9-10-20)12-17-5-7-18(8-6-17)23(33)28-15-24(25,26)27/h2-8,11,20H,9-10,12-15H2,1H3,(H,28,33)(H,29,31). The lowest BCUT2D eigenvalue weighted by molar-refractivity contribution is -0.129. The van der Waals surface area contributed by atoms with Gasteiger partial charge in [0.2, 0.25) is 11.8 Å². The van der Waals surface area contributed by atoms with Gasteiger partial charge in [0.15, 0.2) is 0 Å². The molecule has 2 aromatic carbocycles. The fourth-order valence-electron chi connectivity index (χ4n) is 3.28. The average Bonchev–Trinajstić information content (AvgIpc) is 3.61. The summed E-state index contributed by atoms with van der Waals surface area (Å²) >= 11 is 1.24. The Kier molecular flexibility index (Phi) is 8.60. The Balaban J connectivity index is 1.47. The predicted molar refractivity (Wildman–Crippen MR) is 126 cm³/mol. The molecule has 2 N–H and O–H groups in total. The second-order valence-corrected chi connectivity index (χ2v) is 9.14. The van der Waals surface area contributed by atoms with Crippen LogP contribution in [0.3, 0.4) is 0 Å². The molecule has 0 heterocycles. The van der Waals surface area contributed by atoms with Gasteiger partial charge in [-0.3, -0.25) is 14.4 Å². The van der Waals surface area contributed by atoms with Crippen LogP contribution in [0.15, 0.2) is 48.5 Å². The van der Waals surface area contributed by atoms with Gasteiger partial charge < -0.3 is 15.5 Å². The molecule has 182 valence electrons. The van der Waals surface area contributed by atoms with Crippen molar-refractivity contribution in [1.82, 2.24) is 10.2 Å². The van der Waals surface area contributed by atoms with E-state index in [0.29, 0.717) is 12.2 Å². The summed E-state index contributed by atoms with van der Waals surface area (Å²) in [5.74, 6) is -0.752. The first-order chi connectivity index (χ1) is 16.1. The van der Waals surface area contributed by atoms with E-state index in [1.807, 2.05) is 30.4 Å². The summed E-state index contributed by atoms with van der Waals surface area (Å²) in [4.78, 5) is 38.5. The summed E-state index contributed by atoms with van der Waals surface area (Å²) < 4.78 is 36.8. The highest BCUT2D eigenvalue weighted by Gasteiger charge is 2.32. The van der Waals surface area contributed by atoms with Crippen molar-refractivity contribution in [3.63, 3.8) is 0 Å². The van der Waals surface area contributed by atoms with Gasteiger partial charge in [-0.2, -0.15) is 13.2 Å². The number of aryl methyl sites for hydroxylation is 1. The molecule has 1 aliphatic rings. The molecule has 3 amide bonds. The van der Waals surface area contributed by atoms with Gasteiger partial charge in [0.1, 0.15) is 6.54 Å². The van der Waals surface area contributed by atoms with Gasteiger partial charge in [0.25, 0.3) is 5.91 Å². The van der Waals surface area contributed by atoms with Crippen molar-refractivity contribution in [2.45, 2.75) is 38.5 Å². The Labute approximate surface area is 200 Å². The molecule has 3 rings (SSSR count). The molecule has 1 aliphatic carbocycles. The number of anilines is 1. The molecular formula is C24H26F3N3O3S.